The average molecular weight is 278 g/mol. The molecule has 1 N–H and O–H groups in total. The van der Waals surface area contributed by atoms with Gasteiger partial charge in [0.05, 0.1) is 12.7 Å². The maximum absolute atomic E-state index is 10.4. The molecule has 0 radical (unpaired) electrons. The molecule has 0 amide bonds. The van der Waals surface area contributed by atoms with Crippen LogP contribution in [0, 0.1) is 5.92 Å². The lowest BCUT2D eigenvalue weighted by Gasteiger charge is -2.18. The van der Waals surface area contributed by atoms with Crippen LogP contribution in [0.5, 0.6) is 5.75 Å². The van der Waals surface area contributed by atoms with E-state index in [2.05, 4.69) is 6.92 Å². The van der Waals surface area contributed by atoms with Crippen LogP contribution in [0.3, 0.4) is 0 Å². The van der Waals surface area contributed by atoms with Gasteiger partial charge in [0.15, 0.2) is 6.61 Å². The molecule has 1 saturated carbocycles. The summed E-state index contributed by atoms with van der Waals surface area (Å²) in [7, 11) is 0. The zero-order chi connectivity index (χ0) is 14.4. The number of benzene rings is 1. The molecule has 2 rings (SSSR count). The Hall–Kier alpha value is -1.55. The number of carboxylic acids is 1. The number of hydrogen-bond acceptors (Lipinski definition) is 3. The molecule has 1 unspecified atom stereocenters. The van der Waals surface area contributed by atoms with Crippen LogP contribution < -0.4 is 4.74 Å². The number of carbonyl (C=O) groups is 1. The third kappa shape index (κ3) is 4.23. The van der Waals surface area contributed by atoms with Crippen LogP contribution in [-0.2, 0) is 16.1 Å². The van der Waals surface area contributed by atoms with Gasteiger partial charge in [0, 0.05) is 0 Å². The van der Waals surface area contributed by atoms with Crippen molar-refractivity contribution in [1.29, 1.82) is 0 Å². The third-order valence-electron chi connectivity index (χ3n) is 3.86. The summed E-state index contributed by atoms with van der Waals surface area (Å²) in [6, 6.07) is 7.42. The monoisotopic (exact) mass is 278 g/mol. The van der Waals surface area contributed by atoms with Gasteiger partial charge in [-0.1, -0.05) is 31.9 Å². The second-order valence-corrected chi connectivity index (χ2v) is 5.28. The summed E-state index contributed by atoms with van der Waals surface area (Å²) in [6.45, 7) is 2.53. The highest BCUT2D eigenvalue weighted by Gasteiger charge is 2.26. The first kappa shape index (κ1) is 14.9. The topological polar surface area (TPSA) is 55.8 Å². The van der Waals surface area contributed by atoms with E-state index in [1.807, 2.05) is 12.1 Å². The fraction of sp³-hybridized carbons (Fsp3) is 0.562. The lowest BCUT2D eigenvalue weighted by atomic mass is 10.0. The van der Waals surface area contributed by atoms with Crippen LogP contribution in [0.1, 0.15) is 38.2 Å². The molecule has 0 aromatic heterocycles. The van der Waals surface area contributed by atoms with E-state index in [0.717, 1.165) is 12.0 Å². The number of ether oxygens (including phenoxy) is 2. The fourth-order valence-corrected chi connectivity index (χ4v) is 2.72. The number of rotatable bonds is 7. The highest BCUT2D eigenvalue weighted by Crippen LogP contribution is 2.31. The summed E-state index contributed by atoms with van der Waals surface area (Å²) in [6.07, 6.45) is 5.29. The summed E-state index contributed by atoms with van der Waals surface area (Å²) in [5.41, 5.74) is 1.09. The first-order valence-corrected chi connectivity index (χ1v) is 7.24. The van der Waals surface area contributed by atoms with Crippen LogP contribution in [0.4, 0.5) is 0 Å². The van der Waals surface area contributed by atoms with Gasteiger partial charge in [-0.3, -0.25) is 0 Å². The number of aliphatic carboxylic acids is 1. The van der Waals surface area contributed by atoms with Gasteiger partial charge in [-0.05, 0) is 36.5 Å². The van der Waals surface area contributed by atoms with Crippen molar-refractivity contribution >= 4 is 5.97 Å². The SMILES string of the molecule is CCC1CCC[C@H]1OCc1ccc(OCC(=O)O)cc1. The quantitative estimate of drug-likeness (QED) is 0.832. The van der Waals surface area contributed by atoms with Gasteiger partial charge in [0.25, 0.3) is 0 Å². The average Bonchev–Trinajstić information content (AvgIpc) is 2.91. The first-order valence-electron chi connectivity index (χ1n) is 7.24. The van der Waals surface area contributed by atoms with Gasteiger partial charge in [-0.2, -0.15) is 0 Å². The van der Waals surface area contributed by atoms with Crippen LogP contribution >= 0.6 is 0 Å². The number of carboxylic acid groups (broad SMARTS) is 1. The smallest absolute Gasteiger partial charge is 0.341 e. The van der Waals surface area contributed by atoms with Crippen molar-refractivity contribution in [2.24, 2.45) is 5.92 Å². The molecular formula is C16H22O4. The van der Waals surface area contributed by atoms with E-state index in [4.69, 9.17) is 14.6 Å². The molecule has 2 atom stereocenters. The van der Waals surface area contributed by atoms with Gasteiger partial charge in [0.1, 0.15) is 5.75 Å². The third-order valence-corrected chi connectivity index (χ3v) is 3.86. The van der Waals surface area contributed by atoms with Gasteiger partial charge in [-0.15, -0.1) is 0 Å². The molecule has 0 aliphatic heterocycles. The Labute approximate surface area is 119 Å². The molecule has 0 bridgehead atoms. The van der Waals surface area contributed by atoms with E-state index in [0.29, 0.717) is 24.4 Å². The standard InChI is InChI=1S/C16H22O4/c1-2-13-4-3-5-15(13)20-10-12-6-8-14(9-7-12)19-11-16(17)18/h6-9,13,15H,2-5,10-11H2,1H3,(H,17,18)/t13?,15-/m1/s1. The fourth-order valence-electron chi connectivity index (χ4n) is 2.72. The van der Waals surface area contributed by atoms with Gasteiger partial charge < -0.3 is 14.6 Å². The Bertz CT molecular complexity index is 427. The summed E-state index contributed by atoms with van der Waals surface area (Å²) in [4.78, 5) is 10.4. The van der Waals surface area contributed by atoms with Crippen molar-refractivity contribution in [3.8, 4) is 5.75 Å². The molecule has 1 aromatic rings. The Kier molecular flexibility index (Phi) is 5.41. The van der Waals surface area contributed by atoms with Crippen molar-refractivity contribution in [3.63, 3.8) is 0 Å². The van der Waals surface area contributed by atoms with Crippen LogP contribution in [0.25, 0.3) is 0 Å². The minimum absolute atomic E-state index is 0.309. The van der Waals surface area contributed by atoms with E-state index >= 15 is 0 Å². The van der Waals surface area contributed by atoms with Gasteiger partial charge in [-0.25, -0.2) is 4.79 Å². The van der Waals surface area contributed by atoms with Crippen molar-refractivity contribution in [2.75, 3.05) is 6.61 Å². The Morgan fingerprint density at radius 3 is 2.70 bits per heavy atom. The minimum atomic E-state index is -0.968. The van der Waals surface area contributed by atoms with Crippen LogP contribution in [-0.4, -0.2) is 23.8 Å². The molecular weight excluding hydrogens is 256 g/mol. The predicted octanol–water partition coefficient (Wildman–Crippen LogP) is 3.25. The van der Waals surface area contributed by atoms with Crippen LogP contribution in [0.15, 0.2) is 24.3 Å². The van der Waals surface area contributed by atoms with Crippen molar-refractivity contribution in [2.45, 2.75) is 45.3 Å². The maximum atomic E-state index is 10.4. The van der Waals surface area contributed by atoms with E-state index < -0.39 is 5.97 Å². The lowest BCUT2D eigenvalue weighted by Crippen LogP contribution is -2.17. The maximum Gasteiger partial charge on any atom is 0.341 e. The summed E-state index contributed by atoms with van der Waals surface area (Å²) in [5, 5.41) is 8.54. The second-order valence-electron chi connectivity index (χ2n) is 5.28. The predicted molar refractivity (Wildman–Crippen MR) is 75.8 cm³/mol. The number of hydrogen-bond donors (Lipinski definition) is 1. The molecule has 1 aromatic carbocycles. The largest absolute Gasteiger partial charge is 0.482 e. The Balaban J connectivity index is 1.80. The highest BCUT2D eigenvalue weighted by molar-refractivity contribution is 5.68. The van der Waals surface area contributed by atoms with E-state index in [9.17, 15) is 4.79 Å². The Morgan fingerprint density at radius 1 is 1.30 bits per heavy atom. The molecule has 1 fully saturated rings. The van der Waals surface area contributed by atoms with E-state index in [-0.39, 0.29) is 6.61 Å². The summed E-state index contributed by atoms with van der Waals surface area (Å²) < 4.78 is 11.1. The molecule has 0 saturated heterocycles. The minimum Gasteiger partial charge on any atom is -0.482 e. The molecule has 4 heteroatoms. The van der Waals surface area contributed by atoms with E-state index in [1.54, 1.807) is 12.1 Å². The molecule has 1 aliphatic carbocycles. The zero-order valence-electron chi connectivity index (χ0n) is 11.9. The van der Waals surface area contributed by atoms with Gasteiger partial charge >= 0.3 is 5.97 Å². The van der Waals surface area contributed by atoms with Crippen molar-refractivity contribution in [3.05, 3.63) is 29.8 Å². The molecule has 20 heavy (non-hydrogen) atoms. The first-order chi connectivity index (χ1) is 9.69. The molecule has 110 valence electrons. The molecule has 1 aliphatic rings. The highest BCUT2D eigenvalue weighted by atomic mass is 16.5. The lowest BCUT2D eigenvalue weighted by molar-refractivity contribution is -0.139. The molecule has 0 spiro atoms. The van der Waals surface area contributed by atoms with E-state index in [1.165, 1.54) is 19.3 Å². The Morgan fingerprint density at radius 2 is 2.05 bits per heavy atom. The normalized spacial score (nSPS) is 21.9. The zero-order valence-corrected chi connectivity index (χ0v) is 11.9. The molecule has 0 heterocycles. The van der Waals surface area contributed by atoms with Crippen molar-refractivity contribution in [1.82, 2.24) is 0 Å². The van der Waals surface area contributed by atoms with Gasteiger partial charge in [0.2, 0.25) is 0 Å². The second kappa shape index (κ2) is 7.29. The van der Waals surface area contributed by atoms with Crippen molar-refractivity contribution < 1.29 is 19.4 Å². The molecule has 4 nitrogen and oxygen atoms in total. The summed E-state index contributed by atoms with van der Waals surface area (Å²) >= 11 is 0. The summed E-state index contributed by atoms with van der Waals surface area (Å²) in [5.74, 6) is 0.306. The van der Waals surface area contributed by atoms with Crippen LogP contribution in [0.2, 0.25) is 0 Å².